The molecule has 18 heavy (non-hydrogen) atoms. The van der Waals surface area contributed by atoms with Gasteiger partial charge in [0.1, 0.15) is 5.82 Å². The average molecular weight is 244 g/mol. The predicted octanol–water partition coefficient (Wildman–Crippen LogP) is 3.15. The quantitative estimate of drug-likeness (QED) is 0.897. The van der Waals surface area contributed by atoms with E-state index in [0.717, 1.165) is 17.0 Å². The lowest BCUT2D eigenvalue weighted by molar-refractivity contribution is 0.612. The van der Waals surface area contributed by atoms with Gasteiger partial charge in [0.05, 0.1) is 11.7 Å². The van der Waals surface area contributed by atoms with Gasteiger partial charge in [-0.25, -0.2) is 4.39 Å². The monoisotopic (exact) mass is 244 g/mol. The number of nitrogens with one attached hydrogen (secondary N) is 1. The number of rotatable bonds is 3. The molecule has 1 N–H and O–H groups in total. The van der Waals surface area contributed by atoms with Crippen LogP contribution in [-0.4, -0.2) is 12.0 Å². The summed E-state index contributed by atoms with van der Waals surface area (Å²) in [7, 11) is 1.88. The van der Waals surface area contributed by atoms with Crippen molar-refractivity contribution in [2.24, 2.45) is 0 Å². The molecule has 2 aromatic rings. The Hall–Kier alpha value is -1.74. The number of aromatic nitrogens is 1. The highest BCUT2D eigenvalue weighted by Crippen LogP contribution is 2.22. The van der Waals surface area contributed by atoms with E-state index in [1.54, 1.807) is 13.0 Å². The second-order valence-electron chi connectivity index (χ2n) is 4.43. The van der Waals surface area contributed by atoms with Gasteiger partial charge in [-0.05, 0) is 50.2 Å². The van der Waals surface area contributed by atoms with Crippen molar-refractivity contribution in [3.63, 3.8) is 0 Å². The summed E-state index contributed by atoms with van der Waals surface area (Å²) in [6, 6.07) is 11.1. The Bertz CT molecular complexity index is 552. The molecule has 2 nitrogen and oxygen atoms in total. The first-order valence-corrected chi connectivity index (χ1v) is 5.98. The first-order valence-electron chi connectivity index (χ1n) is 5.98. The molecule has 0 amide bonds. The fraction of sp³-hybridized carbons (Fsp3) is 0.267. The highest BCUT2D eigenvalue weighted by Gasteiger charge is 2.14. The molecule has 0 bridgehead atoms. The maximum atomic E-state index is 13.3. The lowest BCUT2D eigenvalue weighted by atomic mass is 10.0. The normalized spacial score (nSPS) is 12.4. The SMILES string of the molecule is CNC(c1ccc(F)c(C)c1)c1cccc(C)n1. The molecule has 0 aliphatic carbocycles. The Morgan fingerprint density at radius 1 is 1.17 bits per heavy atom. The lowest BCUT2D eigenvalue weighted by Gasteiger charge is -2.17. The summed E-state index contributed by atoms with van der Waals surface area (Å²) in [5.74, 6) is -0.175. The number of benzene rings is 1. The van der Waals surface area contributed by atoms with Crippen LogP contribution in [-0.2, 0) is 0 Å². The van der Waals surface area contributed by atoms with Crippen LogP contribution in [0.15, 0.2) is 36.4 Å². The fourth-order valence-electron chi connectivity index (χ4n) is 2.06. The maximum absolute atomic E-state index is 13.3. The first-order chi connectivity index (χ1) is 8.61. The molecule has 0 spiro atoms. The summed E-state index contributed by atoms with van der Waals surface area (Å²) in [5, 5.41) is 3.22. The Labute approximate surface area is 107 Å². The minimum atomic E-state index is -0.175. The number of pyridine rings is 1. The van der Waals surface area contributed by atoms with Crippen molar-refractivity contribution >= 4 is 0 Å². The summed E-state index contributed by atoms with van der Waals surface area (Å²) in [4.78, 5) is 4.52. The number of hydrogen-bond acceptors (Lipinski definition) is 2. The van der Waals surface area contributed by atoms with E-state index in [0.29, 0.717) is 5.56 Å². The van der Waals surface area contributed by atoms with Crippen LogP contribution in [0.4, 0.5) is 4.39 Å². The van der Waals surface area contributed by atoms with Gasteiger partial charge in [0.2, 0.25) is 0 Å². The van der Waals surface area contributed by atoms with Gasteiger partial charge in [0, 0.05) is 5.69 Å². The van der Waals surface area contributed by atoms with Gasteiger partial charge < -0.3 is 5.32 Å². The summed E-state index contributed by atoms with van der Waals surface area (Å²) in [6.45, 7) is 3.74. The van der Waals surface area contributed by atoms with Gasteiger partial charge in [0.25, 0.3) is 0 Å². The van der Waals surface area contributed by atoms with E-state index in [1.165, 1.54) is 6.07 Å². The lowest BCUT2D eigenvalue weighted by Crippen LogP contribution is -2.19. The maximum Gasteiger partial charge on any atom is 0.126 e. The van der Waals surface area contributed by atoms with Crippen molar-refractivity contribution in [2.45, 2.75) is 19.9 Å². The molecule has 1 aromatic heterocycles. The molecule has 1 aromatic carbocycles. The molecule has 2 rings (SSSR count). The Morgan fingerprint density at radius 3 is 2.56 bits per heavy atom. The second-order valence-corrected chi connectivity index (χ2v) is 4.43. The van der Waals surface area contributed by atoms with Crippen molar-refractivity contribution in [2.75, 3.05) is 7.05 Å². The molecule has 0 fully saturated rings. The standard InChI is InChI=1S/C15H17FN2/c1-10-9-12(7-8-13(10)16)15(17-3)14-6-4-5-11(2)18-14/h4-9,15,17H,1-3H3. The second kappa shape index (κ2) is 5.27. The van der Waals surface area contributed by atoms with Gasteiger partial charge in [0.15, 0.2) is 0 Å². The van der Waals surface area contributed by atoms with Gasteiger partial charge in [-0.15, -0.1) is 0 Å². The first kappa shape index (κ1) is 12.7. The smallest absolute Gasteiger partial charge is 0.126 e. The van der Waals surface area contributed by atoms with E-state index in [-0.39, 0.29) is 11.9 Å². The molecule has 94 valence electrons. The van der Waals surface area contributed by atoms with Crippen molar-refractivity contribution < 1.29 is 4.39 Å². The van der Waals surface area contributed by atoms with E-state index in [1.807, 2.05) is 38.2 Å². The molecule has 0 saturated carbocycles. The van der Waals surface area contributed by atoms with Crippen molar-refractivity contribution in [1.82, 2.24) is 10.3 Å². The topological polar surface area (TPSA) is 24.9 Å². The fourth-order valence-corrected chi connectivity index (χ4v) is 2.06. The third-order valence-corrected chi connectivity index (χ3v) is 3.01. The number of nitrogens with zero attached hydrogens (tertiary/aromatic N) is 1. The number of hydrogen-bond donors (Lipinski definition) is 1. The Kier molecular flexibility index (Phi) is 3.72. The molecule has 0 radical (unpaired) electrons. The van der Waals surface area contributed by atoms with Crippen LogP contribution in [0.25, 0.3) is 0 Å². The molecule has 1 atom stereocenters. The van der Waals surface area contributed by atoms with Gasteiger partial charge in [-0.3, -0.25) is 4.98 Å². The molecule has 3 heteroatoms. The van der Waals surface area contributed by atoms with E-state index in [9.17, 15) is 4.39 Å². The highest BCUT2D eigenvalue weighted by atomic mass is 19.1. The Balaban J connectivity index is 2.42. The summed E-state index contributed by atoms with van der Waals surface area (Å²) in [5.41, 5.74) is 3.60. The van der Waals surface area contributed by atoms with E-state index in [4.69, 9.17) is 0 Å². The number of aryl methyl sites for hydroxylation is 2. The zero-order chi connectivity index (χ0) is 13.1. The zero-order valence-electron chi connectivity index (χ0n) is 10.9. The van der Waals surface area contributed by atoms with Crippen molar-refractivity contribution in [3.05, 3.63) is 64.7 Å². The van der Waals surface area contributed by atoms with Gasteiger partial charge in [-0.1, -0.05) is 18.2 Å². The Morgan fingerprint density at radius 2 is 1.94 bits per heavy atom. The third-order valence-electron chi connectivity index (χ3n) is 3.01. The highest BCUT2D eigenvalue weighted by molar-refractivity contribution is 5.32. The van der Waals surface area contributed by atoms with Crippen LogP contribution in [0.1, 0.15) is 28.6 Å². The van der Waals surface area contributed by atoms with Gasteiger partial charge in [-0.2, -0.15) is 0 Å². The zero-order valence-corrected chi connectivity index (χ0v) is 10.9. The average Bonchev–Trinajstić information content (AvgIpc) is 2.35. The van der Waals surface area contributed by atoms with Crippen molar-refractivity contribution in [3.8, 4) is 0 Å². The van der Waals surface area contributed by atoms with Crippen LogP contribution in [0, 0.1) is 19.7 Å². The molecular formula is C15H17FN2. The van der Waals surface area contributed by atoms with Crippen LogP contribution in [0.2, 0.25) is 0 Å². The molecule has 0 saturated heterocycles. The third kappa shape index (κ3) is 2.57. The minimum absolute atomic E-state index is 0.0100. The van der Waals surface area contributed by atoms with Crippen LogP contribution >= 0.6 is 0 Å². The van der Waals surface area contributed by atoms with Crippen LogP contribution < -0.4 is 5.32 Å². The summed E-state index contributed by atoms with van der Waals surface area (Å²) in [6.07, 6.45) is 0. The molecule has 0 aliphatic rings. The molecule has 1 heterocycles. The summed E-state index contributed by atoms with van der Waals surface area (Å²) < 4.78 is 13.3. The summed E-state index contributed by atoms with van der Waals surface area (Å²) >= 11 is 0. The molecular weight excluding hydrogens is 227 g/mol. The van der Waals surface area contributed by atoms with Gasteiger partial charge >= 0.3 is 0 Å². The minimum Gasteiger partial charge on any atom is -0.308 e. The molecule has 1 unspecified atom stereocenters. The largest absolute Gasteiger partial charge is 0.308 e. The van der Waals surface area contributed by atoms with E-state index >= 15 is 0 Å². The molecule has 0 aliphatic heterocycles. The van der Waals surface area contributed by atoms with E-state index in [2.05, 4.69) is 10.3 Å². The van der Waals surface area contributed by atoms with Crippen LogP contribution in [0.5, 0.6) is 0 Å². The number of halogens is 1. The van der Waals surface area contributed by atoms with Crippen molar-refractivity contribution in [1.29, 1.82) is 0 Å². The predicted molar refractivity (Wildman–Crippen MR) is 71.0 cm³/mol. The van der Waals surface area contributed by atoms with E-state index < -0.39 is 0 Å². The van der Waals surface area contributed by atoms with Crippen LogP contribution in [0.3, 0.4) is 0 Å².